The van der Waals surface area contributed by atoms with Crippen molar-refractivity contribution in [1.29, 1.82) is 0 Å². The fraction of sp³-hybridized carbons (Fsp3) is 0.0556. The van der Waals surface area contributed by atoms with Crippen LogP contribution in [0.1, 0.15) is 26.4 Å². The summed E-state index contributed by atoms with van der Waals surface area (Å²) in [6.45, 7) is 0. The number of benzene rings is 2. The van der Waals surface area contributed by atoms with Crippen LogP contribution < -0.4 is 5.32 Å². The summed E-state index contributed by atoms with van der Waals surface area (Å²) in [5.41, 5.74) is 1.42. The highest BCUT2D eigenvalue weighted by atomic mass is 35.5. The number of anilines is 1. The van der Waals surface area contributed by atoms with Gasteiger partial charge >= 0.3 is 0 Å². The van der Waals surface area contributed by atoms with E-state index in [9.17, 15) is 9.59 Å². The van der Waals surface area contributed by atoms with Gasteiger partial charge in [0.1, 0.15) is 5.69 Å². The van der Waals surface area contributed by atoms with Crippen molar-refractivity contribution < 1.29 is 9.59 Å². The van der Waals surface area contributed by atoms with Crippen LogP contribution in [-0.4, -0.2) is 21.5 Å². The summed E-state index contributed by atoms with van der Waals surface area (Å²) in [5.74, 6) is -0.692. The summed E-state index contributed by atoms with van der Waals surface area (Å²) in [6.07, 6.45) is 1.53. The standard InChI is InChI=1S/C18H14ClN3O2/c1-22-11-15(18(24)20-14-9-7-13(19)8-10-14)16(21-22)17(23)12-5-3-2-4-6-12/h2-11H,1H3,(H,20,24). The maximum atomic E-state index is 12.6. The molecule has 0 saturated heterocycles. The molecule has 0 bridgehead atoms. The number of nitrogens with zero attached hydrogens (tertiary/aromatic N) is 2. The van der Waals surface area contributed by atoms with Crippen LogP contribution >= 0.6 is 11.6 Å². The molecule has 120 valence electrons. The van der Waals surface area contributed by atoms with Crippen molar-refractivity contribution in [2.45, 2.75) is 0 Å². The number of hydrogen-bond donors (Lipinski definition) is 1. The summed E-state index contributed by atoms with van der Waals surface area (Å²) in [5, 5.41) is 7.47. The normalized spacial score (nSPS) is 10.4. The van der Waals surface area contributed by atoms with Gasteiger partial charge in [0.2, 0.25) is 5.78 Å². The van der Waals surface area contributed by atoms with E-state index in [0.29, 0.717) is 16.3 Å². The fourth-order valence-electron chi connectivity index (χ4n) is 2.28. The Hall–Kier alpha value is -2.92. The molecule has 3 rings (SSSR count). The second-order valence-corrected chi connectivity index (χ2v) is 5.66. The molecule has 0 atom stereocenters. The highest BCUT2D eigenvalue weighted by molar-refractivity contribution is 6.30. The van der Waals surface area contributed by atoms with Crippen LogP contribution in [0, 0.1) is 0 Å². The first-order chi connectivity index (χ1) is 11.5. The summed E-state index contributed by atoms with van der Waals surface area (Å²) in [7, 11) is 1.67. The molecular weight excluding hydrogens is 326 g/mol. The Bertz CT molecular complexity index is 886. The zero-order valence-corrected chi connectivity index (χ0v) is 13.6. The average molecular weight is 340 g/mol. The van der Waals surface area contributed by atoms with Gasteiger partial charge < -0.3 is 5.32 Å². The summed E-state index contributed by atoms with van der Waals surface area (Å²) >= 11 is 5.83. The number of carbonyl (C=O) groups excluding carboxylic acids is 2. The zero-order chi connectivity index (χ0) is 17.1. The van der Waals surface area contributed by atoms with E-state index in [4.69, 9.17) is 11.6 Å². The number of carbonyl (C=O) groups is 2. The Morgan fingerprint density at radius 1 is 1.04 bits per heavy atom. The summed E-state index contributed by atoms with van der Waals surface area (Å²) in [6, 6.07) is 15.5. The van der Waals surface area contributed by atoms with Gasteiger partial charge in [-0.3, -0.25) is 14.3 Å². The van der Waals surface area contributed by atoms with Crippen LogP contribution in [0.3, 0.4) is 0 Å². The molecule has 6 heteroatoms. The monoisotopic (exact) mass is 339 g/mol. The van der Waals surface area contributed by atoms with Gasteiger partial charge in [0.25, 0.3) is 5.91 Å². The molecule has 1 aromatic heterocycles. The smallest absolute Gasteiger partial charge is 0.259 e. The van der Waals surface area contributed by atoms with Gasteiger partial charge in [0.05, 0.1) is 5.56 Å². The van der Waals surface area contributed by atoms with Crippen LogP contribution in [0.15, 0.2) is 60.8 Å². The average Bonchev–Trinajstić information content (AvgIpc) is 2.99. The number of rotatable bonds is 4. The number of aryl methyl sites for hydroxylation is 1. The van der Waals surface area contributed by atoms with Gasteiger partial charge in [0, 0.05) is 29.5 Å². The maximum absolute atomic E-state index is 12.6. The molecule has 3 aromatic rings. The molecule has 1 heterocycles. The van der Waals surface area contributed by atoms with Crippen molar-refractivity contribution in [3.8, 4) is 0 Å². The van der Waals surface area contributed by atoms with Gasteiger partial charge in [-0.15, -0.1) is 0 Å². The third-order valence-corrected chi connectivity index (χ3v) is 3.68. The quantitative estimate of drug-likeness (QED) is 0.739. The van der Waals surface area contributed by atoms with Gasteiger partial charge in [-0.1, -0.05) is 41.9 Å². The number of hydrogen-bond acceptors (Lipinski definition) is 3. The van der Waals surface area contributed by atoms with Crippen LogP contribution in [0.4, 0.5) is 5.69 Å². The van der Waals surface area contributed by atoms with E-state index in [1.54, 1.807) is 55.6 Å². The highest BCUT2D eigenvalue weighted by Gasteiger charge is 2.22. The third-order valence-electron chi connectivity index (χ3n) is 3.43. The van der Waals surface area contributed by atoms with E-state index < -0.39 is 5.91 Å². The minimum atomic E-state index is -0.398. The molecule has 2 aromatic carbocycles. The van der Waals surface area contributed by atoms with Crippen LogP contribution in [0.2, 0.25) is 5.02 Å². The second kappa shape index (κ2) is 6.68. The van der Waals surface area contributed by atoms with Crippen molar-refractivity contribution in [2.75, 3.05) is 5.32 Å². The lowest BCUT2D eigenvalue weighted by atomic mass is 10.1. The minimum absolute atomic E-state index is 0.121. The molecule has 0 unspecified atom stereocenters. The number of halogens is 1. The van der Waals surface area contributed by atoms with E-state index in [1.807, 2.05) is 6.07 Å². The fourth-order valence-corrected chi connectivity index (χ4v) is 2.41. The van der Waals surface area contributed by atoms with Gasteiger partial charge in [-0.25, -0.2) is 0 Å². The number of amides is 1. The lowest BCUT2D eigenvalue weighted by Crippen LogP contribution is -2.16. The summed E-state index contributed by atoms with van der Waals surface area (Å²) in [4.78, 5) is 25.1. The molecule has 0 radical (unpaired) electrons. The molecule has 1 amide bonds. The van der Waals surface area contributed by atoms with E-state index >= 15 is 0 Å². The van der Waals surface area contributed by atoms with Crippen LogP contribution in [0.5, 0.6) is 0 Å². The number of nitrogens with one attached hydrogen (secondary N) is 1. The zero-order valence-electron chi connectivity index (χ0n) is 12.9. The Labute approximate surface area is 143 Å². The number of ketones is 1. The molecule has 0 fully saturated rings. The van der Waals surface area contributed by atoms with E-state index in [0.717, 1.165) is 0 Å². The Kier molecular flexibility index (Phi) is 4.44. The molecule has 0 aliphatic heterocycles. The van der Waals surface area contributed by atoms with Crippen molar-refractivity contribution in [3.63, 3.8) is 0 Å². The predicted molar refractivity (Wildman–Crippen MR) is 92.5 cm³/mol. The van der Waals surface area contributed by atoms with Gasteiger partial charge in [0.15, 0.2) is 0 Å². The minimum Gasteiger partial charge on any atom is -0.322 e. The molecule has 1 N–H and O–H groups in total. The van der Waals surface area contributed by atoms with Crippen LogP contribution in [-0.2, 0) is 7.05 Å². The Balaban J connectivity index is 1.90. The molecule has 0 saturated carbocycles. The lowest BCUT2D eigenvalue weighted by Gasteiger charge is -2.05. The van der Waals surface area contributed by atoms with E-state index in [-0.39, 0.29) is 17.0 Å². The first kappa shape index (κ1) is 16.0. The van der Waals surface area contributed by atoms with Crippen LogP contribution in [0.25, 0.3) is 0 Å². The predicted octanol–water partition coefficient (Wildman–Crippen LogP) is 3.56. The molecule has 5 nitrogen and oxygen atoms in total. The Morgan fingerprint density at radius 3 is 2.38 bits per heavy atom. The Morgan fingerprint density at radius 2 is 1.71 bits per heavy atom. The van der Waals surface area contributed by atoms with E-state index in [1.165, 1.54) is 10.9 Å². The molecule has 0 aliphatic rings. The van der Waals surface area contributed by atoms with Crippen molar-refractivity contribution in [2.24, 2.45) is 7.05 Å². The second-order valence-electron chi connectivity index (χ2n) is 5.22. The number of aromatic nitrogens is 2. The SMILES string of the molecule is Cn1cc(C(=O)Nc2ccc(Cl)cc2)c(C(=O)c2ccccc2)n1. The largest absolute Gasteiger partial charge is 0.322 e. The van der Waals surface area contributed by atoms with Gasteiger partial charge in [-0.05, 0) is 24.3 Å². The molecule has 24 heavy (non-hydrogen) atoms. The van der Waals surface area contributed by atoms with Gasteiger partial charge in [-0.2, -0.15) is 5.10 Å². The van der Waals surface area contributed by atoms with Crippen molar-refractivity contribution in [1.82, 2.24) is 9.78 Å². The van der Waals surface area contributed by atoms with Crippen molar-refractivity contribution >= 4 is 29.0 Å². The lowest BCUT2D eigenvalue weighted by molar-refractivity contribution is 0.0994. The first-order valence-corrected chi connectivity index (χ1v) is 7.62. The molecule has 0 spiro atoms. The first-order valence-electron chi connectivity index (χ1n) is 7.25. The van der Waals surface area contributed by atoms with E-state index in [2.05, 4.69) is 10.4 Å². The molecular formula is C18H14ClN3O2. The third kappa shape index (κ3) is 3.36. The summed E-state index contributed by atoms with van der Waals surface area (Å²) < 4.78 is 1.45. The molecule has 0 aliphatic carbocycles. The maximum Gasteiger partial charge on any atom is 0.259 e. The van der Waals surface area contributed by atoms with Crippen molar-refractivity contribution in [3.05, 3.63) is 82.6 Å². The topological polar surface area (TPSA) is 64.0 Å². The highest BCUT2D eigenvalue weighted by Crippen LogP contribution is 2.17.